The van der Waals surface area contributed by atoms with Gasteiger partial charge in [-0.1, -0.05) is 6.07 Å². The molecule has 1 aliphatic carbocycles. The minimum Gasteiger partial charge on any atom is -0.492 e. The second-order valence-electron chi connectivity index (χ2n) is 5.63. The van der Waals surface area contributed by atoms with Crippen molar-refractivity contribution in [2.24, 2.45) is 5.92 Å². The molecule has 0 bridgehead atoms. The quantitative estimate of drug-likeness (QED) is 0.778. The van der Waals surface area contributed by atoms with Crippen LogP contribution < -0.4 is 10.1 Å². The lowest BCUT2D eigenvalue weighted by molar-refractivity contribution is 0.301. The van der Waals surface area contributed by atoms with Crippen molar-refractivity contribution < 1.29 is 4.74 Å². The van der Waals surface area contributed by atoms with Crippen LogP contribution >= 0.6 is 0 Å². The van der Waals surface area contributed by atoms with Crippen LogP contribution in [0.5, 0.6) is 5.75 Å². The monoisotopic (exact) mass is 247 g/mol. The molecular formula is C16H25NO. The maximum absolute atomic E-state index is 5.89. The third-order valence-electron chi connectivity index (χ3n) is 3.92. The molecule has 18 heavy (non-hydrogen) atoms. The van der Waals surface area contributed by atoms with Crippen molar-refractivity contribution in [3.63, 3.8) is 0 Å². The molecule has 100 valence electrons. The fourth-order valence-corrected chi connectivity index (χ4v) is 2.36. The molecule has 0 radical (unpaired) electrons. The standard InChI is InChI=1S/C16H25NO/c1-11-9-12(2)13(3)16(10-11)18-8-7-17-14(4)15-5-6-15/h9-10,14-15,17H,5-8H2,1-4H3. The van der Waals surface area contributed by atoms with Gasteiger partial charge in [0.1, 0.15) is 12.4 Å². The molecular weight excluding hydrogens is 222 g/mol. The van der Waals surface area contributed by atoms with Gasteiger partial charge in [-0.3, -0.25) is 0 Å². The smallest absolute Gasteiger partial charge is 0.122 e. The van der Waals surface area contributed by atoms with Gasteiger partial charge in [-0.05, 0) is 69.2 Å². The topological polar surface area (TPSA) is 21.3 Å². The average Bonchev–Trinajstić information content (AvgIpc) is 3.14. The molecule has 1 aromatic rings. The molecule has 0 amide bonds. The predicted octanol–water partition coefficient (Wildman–Crippen LogP) is 3.38. The number of nitrogens with one attached hydrogen (secondary N) is 1. The van der Waals surface area contributed by atoms with Crippen LogP contribution in [0.2, 0.25) is 0 Å². The molecule has 1 saturated carbocycles. The van der Waals surface area contributed by atoms with Gasteiger partial charge >= 0.3 is 0 Å². The van der Waals surface area contributed by atoms with Gasteiger partial charge in [-0.2, -0.15) is 0 Å². The Morgan fingerprint density at radius 3 is 2.67 bits per heavy atom. The highest BCUT2D eigenvalue weighted by atomic mass is 16.5. The molecule has 1 N–H and O–H groups in total. The first-order valence-electron chi connectivity index (χ1n) is 7.02. The Morgan fingerprint density at radius 2 is 2.00 bits per heavy atom. The maximum atomic E-state index is 5.89. The SMILES string of the molecule is Cc1cc(C)c(C)c(OCCNC(C)C2CC2)c1. The molecule has 1 fully saturated rings. The van der Waals surface area contributed by atoms with Crippen molar-refractivity contribution in [3.8, 4) is 5.75 Å². The molecule has 0 heterocycles. The van der Waals surface area contributed by atoms with E-state index in [9.17, 15) is 0 Å². The van der Waals surface area contributed by atoms with E-state index in [-0.39, 0.29) is 0 Å². The van der Waals surface area contributed by atoms with Crippen LogP contribution in [-0.2, 0) is 0 Å². The Bertz CT molecular complexity index is 410. The Morgan fingerprint density at radius 1 is 1.28 bits per heavy atom. The van der Waals surface area contributed by atoms with Crippen LogP contribution in [0.25, 0.3) is 0 Å². The van der Waals surface area contributed by atoms with Crippen molar-refractivity contribution in [2.75, 3.05) is 13.2 Å². The van der Waals surface area contributed by atoms with Gasteiger partial charge in [0.15, 0.2) is 0 Å². The van der Waals surface area contributed by atoms with Gasteiger partial charge < -0.3 is 10.1 Å². The van der Waals surface area contributed by atoms with Crippen molar-refractivity contribution in [1.82, 2.24) is 5.32 Å². The van der Waals surface area contributed by atoms with Crippen LogP contribution in [0.4, 0.5) is 0 Å². The Labute approximate surface area is 111 Å². The zero-order valence-electron chi connectivity index (χ0n) is 12.0. The van der Waals surface area contributed by atoms with E-state index in [0.717, 1.165) is 24.8 Å². The van der Waals surface area contributed by atoms with E-state index < -0.39 is 0 Å². The third kappa shape index (κ3) is 3.49. The fraction of sp³-hybridized carbons (Fsp3) is 0.625. The summed E-state index contributed by atoms with van der Waals surface area (Å²) in [5.41, 5.74) is 3.84. The average molecular weight is 247 g/mol. The van der Waals surface area contributed by atoms with E-state index in [2.05, 4.69) is 45.1 Å². The zero-order valence-corrected chi connectivity index (χ0v) is 12.0. The minimum atomic E-state index is 0.647. The Balaban J connectivity index is 1.79. The van der Waals surface area contributed by atoms with E-state index >= 15 is 0 Å². The molecule has 0 spiro atoms. The molecule has 0 aliphatic heterocycles. The largest absolute Gasteiger partial charge is 0.492 e. The second-order valence-corrected chi connectivity index (χ2v) is 5.63. The normalized spacial score (nSPS) is 16.7. The van der Waals surface area contributed by atoms with E-state index in [1.54, 1.807) is 0 Å². The molecule has 0 saturated heterocycles. The molecule has 1 aliphatic rings. The molecule has 2 heteroatoms. The first-order chi connectivity index (χ1) is 8.58. The Hall–Kier alpha value is -1.02. The number of benzene rings is 1. The number of rotatable bonds is 6. The predicted molar refractivity (Wildman–Crippen MR) is 76.3 cm³/mol. The summed E-state index contributed by atoms with van der Waals surface area (Å²) < 4.78 is 5.89. The Kier molecular flexibility index (Phi) is 4.28. The van der Waals surface area contributed by atoms with E-state index in [4.69, 9.17) is 4.74 Å². The van der Waals surface area contributed by atoms with E-state index in [1.165, 1.54) is 29.5 Å². The van der Waals surface area contributed by atoms with Crippen molar-refractivity contribution in [1.29, 1.82) is 0 Å². The first kappa shape index (κ1) is 13.4. The number of aryl methyl sites for hydroxylation is 2. The molecule has 0 aromatic heterocycles. The summed E-state index contributed by atoms with van der Waals surface area (Å²) in [4.78, 5) is 0. The van der Waals surface area contributed by atoms with Gasteiger partial charge in [0.25, 0.3) is 0 Å². The first-order valence-corrected chi connectivity index (χ1v) is 7.02. The van der Waals surface area contributed by atoms with Gasteiger partial charge in [0, 0.05) is 12.6 Å². The highest BCUT2D eigenvalue weighted by Gasteiger charge is 2.27. The van der Waals surface area contributed by atoms with Crippen LogP contribution in [0.1, 0.15) is 36.5 Å². The number of hydrogen-bond acceptors (Lipinski definition) is 2. The highest BCUT2D eigenvalue weighted by molar-refractivity contribution is 5.41. The van der Waals surface area contributed by atoms with Gasteiger partial charge in [-0.25, -0.2) is 0 Å². The summed E-state index contributed by atoms with van der Waals surface area (Å²) in [5.74, 6) is 1.95. The summed E-state index contributed by atoms with van der Waals surface area (Å²) >= 11 is 0. The van der Waals surface area contributed by atoms with E-state index in [1.807, 2.05) is 0 Å². The van der Waals surface area contributed by atoms with Crippen LogP contribution in [0.3, 0.4) is 0 Å². The molecule has 2 nitrogen and oxygen atoms in total. The van der Waals surface area contributed by atoms with Crippen LogP contribution in [0, 0.1) is 26.7 Å². The summed E-state index contributed by atoms with van der Waals surface area (Å²) in [7, 11) is 0. The number of hydrogen-bond donors (Lipinski definition) is 1. The molecule has 1 atom stereocenters. The summed E-state index contributed by atoms with van der Waals surface area (Å²) in [6, 6.07) is 4.98. The summed E-state index contributed by atoms with van der Waals surface area (Å²) in [5, 5.41) is 3.54. The minimum absolute atomic E-state index is 0.647. The summed E-state index contributed by atoms with van der Waals surface area (Å²) in [6.07, 6.45) is 2.79. The van der Waals surface area contributed by atoms with Gasteiger partial charge in [0.2, 0.25) is 0 Å². The fourth-order valence-electron chi connectivity index (χ4n) is 2.36. The molecule has 2 rings (SSSR count). The van der Waals surface area contributed by atoms with Crippen LogP contribution in [0.15, 0.2) is 12.1 Å². The van der Waals surface area contributed by atoms with Gasteiger partial charge in [-0.15, -0.1) is 0 Å². The highest BCUT2D eigenvalue weighted by Crippen LogP contribution is 2.32. The van der Waals surface area contributed by atoms with Crippen molar-refractivity contribution >= 4 is 0 Å². The van der Waals surface area contributed by atoms with E-state index in [0.29, 0.717) is 6.04 Å². The maximum Gasteiger partial charge on any atom is 0.122 e. The third-order valence-corrected chi connectivity index (χ3v) is 3.92. The summed E-state index contributed by atoms with van der Waals surface area (Å²) in [6.45, 7) is 10.4. The lowest BCUT2D eigenvalue weighted by atomic mass is 10.1. The van der Waals surface area contributed by atoms with Crippen LogP contribution in [-0.4, -0.2) is 19.2 Å². The van der Waals surface area contributed by atoms with Crippen molar-refractivity contribution in [2.45, 2.75) is 46.6 Å². The molecule has 1 aromatic carbocycles. The lowest BCUT2D eigenvalue weighted by Gasteiger charge is -2.15. The lowest BCUT2D eigenvalue weighted by Crippen LogP contribution is -2.31. The second kappa shape index (κ2) is 5.75. The zero-order chi connectivity index (χ0) is 13.1. The molecule has 1 unspecified atom stereocenters. The van der Waals surface area contributed by atoms with Gasteiger partial charge in [0.05, 0.1) is 0 Å². The number of ether oxygens (including phenoxy) is 1. The van der Waals surface area contributed by atoms with Crippen molar-refractivity contribution in [3.05, 3.63) is 28.8 Å².